The lowest BCUT2D eigenvalue weighted by Gasteiger charge is -2.30. The van der Waals surface area contributed by atoms with E-state index in [9.17, 15) is 14.9 Å². The molecule has 26 heavy (non-hydrogen) atoms. The zero-order valence-corrected chi connectivity index (χ0v) is 17.2. The maximum atomic E-state index is 12.5. The van der Waals surface area contributed by atoms with Crippen LogP contribution in [0.25, 0.3) is 0 Å². The van der Waals surface area contributed by atoms with E-state index >= 15 is 0 Å². The number of halogens is 2. The summed E-state index contributed by atoms with van der Waals surface area (Å²) < 4.78 is 16.9. The SMILES string of the molecule is CCOC(=O)C1=C(N)Oc2c(Br)cc(Br)cc2[C@H]1[C@H](C#N)C(=O)OCC. The zero-order valence-electron chi connectivity index (χ0n) is 14.0. The molecule has 2 N–H and O–H groups in total. The van der Waals surface area contributed by atoms with Crippen LogP contribution in [0.15, 0.2) is 32.5 Å². The van der Waals surface area contributed by atoms with Crippen LogP contribution in [0.5, 0.6) is 5.75 Å². The molecule has 1 heterocycles. The number of ether oxygens (including phenoxy) is 3. The van der Waals surface area contributed by atoms with Crippen LogP contribution >= 0.6 is 31.9 Å². The van der Waals surface area contributed by atoms with Crippen LogP contribution in [-0.4, -0.2) is 25.2 Å². The van der Waals surface area contributed by atoms with Crippen LogP contribution in [-0.2, 0) is 19.1 Å². The van der Waals surface area contributed by atoms with Crippen LogP contribution < -0.4 is 10.5 Å². The van der Waals surface area contributed by atoms with Gasteiger partial charge in [0.2, 0.25) is 5.88 Å². The Balaban J connectivity index is 2.70. The molecule has 0 fully saturated rings. The van der Waals surface area contributed by atoms with E-state index in [1.54, 1.807) is 26.0 Å². The number of fused-ring (bicyclic) bond motifs is 1. The molecule has 1 aromatic carbocycles. The first-order chi connectivity index (χ1) is 12.3. The Kier molecular flexibility index (Phi) is 6.67. The summed E-state index contributed by atoms with van der Waals surface area (Å²) >= 11 is 6.73. The maximum Gasteiger partial charge on any atom is 0.340 e. The standard InChI is InChI=1S/C17H16Br2N2O5/c1-3-24-16(22)10(7-20)12-9-5-8(18)6-11(19)14(9)26-15(21)13(12)17(23)25-4-2/h5-6,10,12H,3-4,21H2,1-2H3/t10-,12-/m0/s1. The molecule has 138 valence electrons. The smallest absolute Gasteiger partial charge is 0.340 e. The molecule has 1 aliphatic rings. The molecule has 0 bridgehead atoms. The summed E-state index contributed by atoms with van der Waals surface area (Å²) in [6.07, 6.45) is 0. The molecule has 0 saturated heterocycles. The van der Waals surface area contributed by atoms with Crippen molar-refractivity contribution >= 4 is 43.8 Å². The van der Waals surface area contributed by atoms with Gasteiger partial charge in [-0.3, -0.25) is 4.79 Å². The van der Waals surface area contributed by atoms with Gasteiger partial charge in [0.1, 0.15) is 11.3 Å². The fourth-order valence-corrected chi connectivity index (χ4v) is 4.01. The number of carbonyl (C=O) groups is 2. The molecule has 0 unspecified atom stereocenters. The van der Waals surface area contributed by atoms with E-state index < -0.39 is 23.8 Å². The monoisotopic (exact) mass is 486 g/mol. The number of nitrogens with two attached hydrogens (primary N) is 1. The van der Waals surface area contributed by atoms with Crippen molar-refractivity contribution in [2.45, 2.75) is 19.8 Å². The van der Waals surface area contributed by atoms with E-state index in [4.69, 9.17) is 19.9 Å². The lowest BCUT2D eigenvalue weighted by molar-refractivity contribution is -0.146. The Morgan fingerprint density at radius 1 is 1.31 bits per heavy atom. The van der Waals surface area contributed by atoms with Crippen molar-refractivity contribution in [3.05, 3.63) is 38.1 Å². The van der Waals surface area contributed by atoms with Gasteiger partial charge in [-0.15, -0.1) is 0 Å². The lowest BCUT2D eigenvalue weighted by Crippen LogP contribution is -2.34. The van der Waals surface area contributed by atoms with Gasteiger partial charge in [0, 0.05) is 10.0 Å². The highest BCUT2D eigenvalue weighted by atomic mass is 79.9. The van der Waals surface area contributed by atoms with Gasteiger partial charge in [0.15, 0.2) is 5.92 Å². The van der Waals surface area contributed by atoms with Crippen molar-refractivity contribution in [3.8, 4) is 11.8 Å². The third kappa shape index (κ3) is 3.86. The van der Waals surface area contributed by atoms with E-state index in [0.717, 1.165) is 0 Å². The molecule has 0 spiro atoms. The van der Waals surface area contributed by atoms with Gasteiger partial charge in [-0.05, 0) is 41.9 Å². The Morgan fingerprint density at radius 3 is 2.54 bits per heavy atom. The van der Waals surface area contributed by atoms with Gasteiger partial charge in [-0.1, -0.05) is 15.9 Å². The molecule has 0 amide bonds. The number of hydrogen-bond donors (Lipinski definition) is 1. The number of carbonyl (C=O) groups excluding carboxylic acids is 2. The van der Waals surface area contributed by atoms with Gasteiger partial charge < -0.3 is 19.9 Å². The number of esters is 2. The van der Waals surface area contributed by atoms with Gasteiger partial charge in [0.25, 0.3) is 0 Å². The summed E-state index contributed by atoms with van der Waals surface area (Å²) in [4.78, 5) is 24.8. The summed E-state index contributed by atoms with van der Waals surface area (Å²) in [5.74, 6) is -3.67. The van der Waals surface area contributed by atoms with Gasteiger partial charge in [-0.25, -0.2) is 4.79 Å². The number of hydrogen-bond acceptors (Lipinski definition) is 7. The van der Waals surface area contributed by atoms with E-state index in [1.807, 2.05) is 6.07 Å². The first-order valence-corrected chi connectivity index (χ1v) is 9.34. The molecular weight excluding hydrogens is 472 g/mol. The molecule has 0 saturated carbocycles. The third-order valence-electron chi connectivity index (χ3n) is 3.67. The Labute approximate surface area is 167 Å². The number of benzene rings is 1. The number of nitriles is 1. The highest BCUT2D eigenvalue weighted by Crippen LogP contribution is 2.47. The molecular formula is C17H16Br2N2O5. The lowest BCUT2D eigenvalue weighted by atomic mass is 9.79. The molecule has 1 aromatic rings. The highest BCUT2D eigenvalue weighted by Gasteiger charge is 2.44. The fourth-order valence-electron chi connectivity index (χ4n) is 2.67. The minimum Gasteiger partial charge on any atom is -0.465 e. The summed E-state index contributed by atoms with van der Waals surface area (Å²) in [7, 11) is 0. The minimum absolute atomic E-state index is 0.0797. The first-order valence-electron chi connectivity index (χ1n) is 7.75. The third-order valence-corrected chi connectivity index (χ3v) is 4.72. The Morgan fingerprint density at radius 2 is 1.96 bits per heavy atom. The van der Waals surface area contributed by atoms with Crippen molar-refractivity contribution in [1.29, 1.82) is 5.26 Å². The molecule has 7 nitrogen and oxygen atoms in total. The average Bonchev–Trinajstić information content (AvgIpc) is 2.56. The zero-order chi connectivity index (χ0) is 19.4. The van der Waals surface area contributed by atoms with Crippen LogP contribution in [0, 0.1) is 17.2 Å². The predicted molar refractivity (Wildman–Crippen MR) is 98.8 cm³/mol. The van der Waals surface area contributed by atoms with Crippen molar-refractivity contribution < 1.29 is 23.8 Å². The van der Waals surface area contributed by atoms with Crippen LogP contribution in [0.1, 0.15) is 25.3 Å². The fraction of sp³-hybridized carbons (Fsp3) is 0.353. The summed E-state index contributed by atoms with van der Waals surface area (Å²) in [5, 5.41) is 9.62. The van der Waals surface area contributed by atoms with E-state index in [0.29, 0.717) is 20.3 Å². The van der Waals surface area contributed by atoms with Gasteiger partial charge in [0.05, 0.1) is 29.7 Å². The Bertz CT molecular complexity index is 816. The Hall–Kier alpha value is -2.05. The average molecular weight is 488 g/mol. The normalized spacial score (nSPS) is 16.8. The molecule has 2 atom stereocenters. The van der Waals surface area contributed by atoms with Crippen molar-refractivity contribution in [2.75, 3.05) is 13.2 Å². The van der Waals surface area contributed by atoms with E-state index in [-0.39, 0.29) is 24.7 Å². The molecule has 9 heteroatoms. The van der Waals surface area contributed by atoms with E-state index in [1.165, 1.54) is 0 Å². The summed E-state index contributed by atoms with van der Waals surface area (Å²) in [6.45, 7) is 3.48. The van der Waals surface area contributed by atoms with Crippen molar-refractivity contribution in [3.63, 3.8) is 0 Å². The number of rotatable bonds is 5. The van der Waals surface area contributed by atoms with Crippen LogP contribution in [0.3, 0.4) is 0 Å². The second-order valence-corrected chi connectivity index (χ2v) is 7.01. The van der Waals surface area contributed by atoms with Gasteiger partial charge >= 0.3 is 11.9 Å². The molecule has 0 aliphatic carbocycles. The molecule has 0 radical (unpaired) electrons. The predicted octanol–water partition coefficient (Wildman–Crippen LogP) is 3.12. The molecule has 0 aromatic heterocycles. The van der Waals surface area contributed by atoms with Gasteiger partial charge in [-0.2, -0.15) is 5.26 Å². The molecule has 1 aliphatic heterocycles. The minimum atomic E-state index is -1.29. The first kappa shape index (κ1) is 20.3. The second kappa shape index (κ2) is 8.56. The largest absolute Gasteiger partial charge is 0.465 e. The second-order valence-electron chi connectivity index (χ2n) is 5.24. The summed E-state index contributed by atoms with van der Waals surface area (Å²) in [5.41, 5.74) is 6.32. The van der Waals surface area contributed by atoms with Crippen LogP contribution in [0.4, 0.5) is 0 Å². The van der Waals surface area contributed by atoms with Crippen molar-refractivity contribution in [1.82, 2.24) is 0 Å². The quantitative estimate of drug-likeness (QED) is 0.635. The summed E-state index contributed by atoms with van der Waals surface area (Å²) in [6, 6.07) is 5.32. The van der Waals surface area contributed by atoms with Crippen molar-refractivity contribution in [2.24, 2.45) is 11.7 Å². The topological polar surface area (TPSA) is 112 Å². The maximum absolute atomic E-state index is 12.5. The highest BCUT2D eigenvalue weighted by molar-refractivity contribution is 9.11. The number of nitrogens with zero attached hydrogens (tertiary/aromatic N) is 1. The molecule has 2 rings (SSSR count). The van der Waals surface area contributed by atoms with Crippen LogP contribution in [0.2, 0.25) is 0 Å². The van der Waals surface area contributed by atoms with E-state index in [2.05, 4.69) is 31.9 Å².